The molecule has 0 saturated carbocycles. The SMILES string of the molecule is C#Cc1cnc(C(C)(C)O)n1C.CCOC(=O)c1ncc(Br)n1C.CCOC(=O)c1ncc(C#C[Si](C)(C)C)n1C.Cn1cncc1Br. The standard InChI is InChI=1S/C12H18N2O2Si.C9H12N2O.C7H9BrN2O2.C4H5BrN2/c1-6-16-12(15)11-13-9-10(14(11)2)7-8-17(3,4)5;1-5-7-6-10-8(11(7)4)9(2,3)12;1-3-12-7(11)6-9-4-5(8)10(6)2;1-7-3-6-2-4(7)5/h9H,6H2,1-5H3;1,6,12H,2-4H3;4H,3H2,1-2H3;2-3H,1H3. The van der Waals surface area contributed by atoms with E-state index in [0.717, 1.165) is 14.9 Å². The van der Waals surface area contributed by atoms with Crippen molar-refractivity contribution in [2.45, 2.75) is 52.9 Å². The van der Waals surface area contributed by atoms with Crippen LogP contribution in [0.5, 0.6) is 0 Å². The van der Waals surface area contributed by atoms with Crippen molar-refractivity contribution in [3.63, 3.8) is 0 Å². The number of esters is 2. The number of carbonyl (C=O) groups is 2. The number of ether oxygens (including phenoxy) is 2. The first-order valence-electron chi connectivity index (χ1n) is 14.7. The Morgan fingerprint density at radius 2 is 1.38 bits per heavy atom. The molecule has 0 fully saturated rings. The van der Waals surface area contributed by atoms with E-state index < -0.39 is 25.6 Å². The van der Waals surface area contributed by atoms with Crippen LogP contribution in [-0.4, -0.2) is 76.5 Å². The van der Waals surface area contributed by atoms with Crippen molar-refractivity contribution < 1.29 is 24.2 Å². The van der Waals surface area contributed by atoms with Gasteiger partial charge >= 0.3 is 11.9 Å². The van der Waals surface area contributed by atoms with E-state index >= 15 is 0 Å². The number of aryl methyl sites for hydroxylation is 1. The van der Waals surface area contributed by atoms with Gasteiger partial charge in [0.2, 0.25) is 11.6 Å². The van der Waals surface area contributed by atoms with Crippen LogP contribution in [0.4, 0.5) is 0 Å². The molecule has 13 nitrogen and oxygen atoms in total. The van der Waals surface area contributed by atoms with Gasteiger partial charge in [0.25, 0.3) is 0 Å². The number of rotatable bonds is 5. The van der Waals surface area contributed by atoms with Gasteiger partial charge in [0, 0.05) is 28.2 Å². The zero-order chi connectivity index (χ0) is 36.8. The van der Waals surface area contributed by atoms with Crippen molar-refractivity contribution in [2.75, 3.05) is 13.2 Å². The van der Waals surface area contributed by atoms with Crippen molar-refractivity contribution in [3.8, 4) is 23.8 Å². The Labute approximate surface area is 300 Å². The highest BCUT2D eigenvalue weighted by molar-refractivity contribution is 9.10. The lowest BCUT2D eigenvalue weighted by Crippen LogP contribution is -2.21. The molecule has 4 heterocycles. The minimum atomic E-state index is -1.41. The van der Waals surface area contributed by atoms with E-state index in [1.165, 1.54) is 0 Å². The molecule has 16 heteroatoms. The predicted octanol–water partition coefficient (Wildman–Crippen LogP) is 5.00. The molecule has 0 saturated heterocycles. The first-order chi connectivity index (χ1) is 22.3. The summed E-state index contributed by atoms with van der Waals surface area (Å²) in [6.45, 7) is 14.1. The fourth-order valence-electron chi connectivity index (χ4n) is 3.39. The molecule has 48 heavy (non-hydrogen) atoms. The highest BCUT2D eigenvalue weighted by Crippen LogP contribution is 2.18. The second-order valence-electron chi connectivity index (χ2n) is 11.5. The molecule has 1 N–H and O–H groups in total. The third-order valence-corrected chi connectivity index (χ3v) is 8.22. The topological polar surface area (TPSA) is 144 Å². The first kappa shape index (κ1) is 42.1. The average Bonchev–Trinajstić information content (AvgIpc) is 3.76. The van der Waals surface area contributed by atoms with Crippen molar-refractivity contribution in [1.29, 1.82) is 0 Å². The molecular formula is C32H44Br2N8O5Si. The van der Waals surface area contributed by atoms with E-state index in [4.69, 9.17) is 15.9 Å². The van der Waals surface area contributed by atoms with E-state index in [-0.39, 0.29) is 0 Å². The van der Waals surface area contributed by atoms with Gasteiger partial charge in [0.1, 0.15) is 40.1 Å². The summed E-state index contributed by atoms with van der Waals surface area (Å²) in [4.78, 5) is 38.5. The van der Waals surface area contributed by atoms with Gasteiger partial charge in [-0.15, -0.1) is 12.0 Å². The van der Waals surface area contributed by atoms with Crippen molar-refractivity contribution >= 4 is 51.9 Å². The molecule has 4 aromatic rings. The summed E-state index contributed by atoms with van der Waals surface area (Å²) in [7, 11) is 5.81. The summed E-state index contributed by atoms with van der Waals surface area (Å²) in [6, 6.07) is 0. The fourth-order valence-corrected chi connectivity index (χ4v) is 4.37. The first-order valence-corrected chi connectivity index (χ1v) is 19.8. The van der Waals surface area contributed by atoms with Gasteiger partial charge in [-0.25, -0.2) is 29.5 Å². The minimum Gasteiger partial charge on any atom is -0.460 e. The Morgan fingerprint density at radius 1 is 0.854 bits per heavy atom. The van der Waals surface area contributed by atoms with E-state index in [1.807, 2.05) is 11.6 Å². The maximum absolute atomic E-state index is 11.5. The zero-order valence-corrected chi connectivity index (χ0v) is 33.5. The minimum absolute atomic E-state index is 0.298. The third-order valence-electron chi connectivity index (χ3n) is 5.84. The number of aliphatic hydroxyl groups is 1. The number of nitrogens with zero attached hydrogens (tertiary/aromatic N) is 8. The third kappa shape index (κ3) is 13.3. The average molecular weight is 809 g/mol. The number of carbonyl (C=O) groups excluding carboxylic acids is 2. The smallest absolute Gasteiger partial charge is 0.374 e. The van der Waals surface area contributed by atoms with Crippen LogP contribution in [0.25, 0.3) is 0 Å². The van der Waals surface area contributed by atoms with Crippen molar-refractivity contribution in [3.05, 3.63) is 69.2 Å². The van der Waals surface area contributed by atoms with Gasteiger partial charge in [-0.1, -0.05) is 31.5 Å². The largest absolute Gasteiger partial charge is 0.460 e. The molecule has 0 amide bonds. The highest BCUT2D eigenvalue weighted by atomic mass is 79.9. The van der Waals surface area contributed by atoms with Gasteiger partial charge in [0.15, 0.2) is 0 Å². The second kappa shape index (κ2) is 19.1. The predicted molar refractivity (Wildman–Crippen MR) is 194 cm³/mol. The summed E-state index contributed by atoms with van der Waals surface area (Å²) in [5.41, 5.74) is 3.72. The number of terminal acetylenes is 1. The van der Waals surface area contributed by atoms with Crippen molar-refractivity contribution in [2.24, 2.45) is 28.2 Å². The van der Waals surface area contributed by atoms with Crippen LogP contribution in [0.1, 0.15) is 66.1 Å². The van der Waals surface area contributed by atoms with Crippen LogP contribution in [0.15, 0.2) is 40.3 Å². The Hall–Kier alpha value is -3.96. The van der Waals surface area contributed by atoms with Gasteiger partial charge in [-0.3, -0.25) is 0 Å². The molecule has 4 rings (SSSR count). The lowest BCUT2D eigenvalue weighted by Gasteiger charge is -2.16. The molecule has 0 aromatic carbocycles. The lowest BCUT2D eigenvalue weighted by molar-refractivity contribution is 0.0498. The van der Waals surface area contributed by atoms with E-state index in [2.05, 4.69) is 88.8 Å². The molecule has 4 aromatic heterocycles. The summed E-state index contributed by atoms with van der Waals surface area (Å²) < 4.78 is 18.3. The fraction of sp³-hybridized carbons (Fsp3) is 0.438. The molecule has 0 unspecified atom stereocenters. The molecule has 0 radical (unpaired) electrons. The number of hydrogen-bond acceptors (Lipinski definition) is 9. The Kier molecular flexibility index (Phi) is 16.8. The Balaban J connectivity index is 0.000000333. The molecular weight excluding hydrogens is 764 g/mol. The zero-order valence-electron chi connectivity index (χ0n) is 29.3. The van der Waals surface area contributed by atoms with Crippen LogP contribution in [0.3, 0.4) is 0 Å². The van der Waals surface area contributed by atoms with Crippen LogP contribution >= 0.6 is 31.9 Å². The molecule has 0 aliphatic carbocycles. The van der Waals surface area contributed by atoms with Crippen LogP contribution in [0, 0.1) is 23.8 Å². The Morgan fingerprint density at radius 3 is 1.71 bits per heavy atom. The monoisotopic (exact) mass is 806 g/mol. The number of imidazole rings is 4. The molecule has 0 aliphatic rings. The van der Waals surface area contributed by atoms with Gasteiger partial charge in [0.05, 0.1) is 44.3 Å². The molecule has 0 aliphatic heterocycles. The van der Waals surface area contributed by atoms with Gasteiger partial charge in [-0.05, 0) is 59.6 Å². The molecule has 0 bridgehead atoms. The highest BCUT2D eigenvalue weighted by Gasteiger charge is 2.22. The van der Waals surface area contributed by atoms with E-state index in [0.29, 0.717) is 36.4 Å². The maximum Gasteiger partial charge on any atom is 0.374 e. The molecule has 0 spiro atoms. The van der Waals surface area contributed by atoms with Gasteiger partial charge in [-0.2, -0.15) is 0 Å². The summed E-state index contributed by atoms with van der Waals surface area (Å²) in [5.74, 6) is 5.93. The number of aromatic nitrogens is 8. The number of hydrogen-bond donors (Lipinski definition) is 1. The second-order valence-corrected chi connectivity index (χ2v) is 17.9. The van der Waals surface area contributed by atoms with E-state index in [1.54, 1.807) is 93.7 Å². The van der Waals surface area contributed by atoms with Crippen LogP contribution in [-0.2, 0) is 43.3 Å². The summed E-state index contributed by atoms with van der Waals surface area (Å²) in [5, 5.41) is 9.63. The lowest BCUT2D eigenvalue weighted by atomic mass is 10.1. The maximum atomic E-state index is 11.5. The van der Waals surface area contributed by atoms with Crippen molar-refractivity contribution in [1.82, 2.24) is 38.2 Å². The number of halogens is 2. The van der Waals surface area contributed by atoms with E-state index in [9.17, 15) is 14.7 Å². The summed E-state index contributed by atoms with van der Waals surface area (Å²) in [6.07, 6.45) is 13.5. The van der Waals surface area contributed by atoms with Crippen LogP contribution < -0.4 is 0 Å². The molecule has 0 atom stereocenters. The van der Waals surface area contributed by atoms with Crippen LogP contribution in [0.2, 0.25) is 19.6 Å². The van der Waals surface area contributed by atoms with Gasteiger partial charge < -0.3 is 32.8 Å². The normalized spacial score (nSPS) is 10.4. The summed E-state index contributed by atoms with van der Waals surface area (Å²) >= 11 is 6.49. The Bertz CT molecular complexity index is 1740. The quantitative estimate of drug-likeness (QED) is 0.168. The molecule has 260 valence electrons.